The van der Waals surface area contributed by atoms with Crippen LogP contribution in [0.5, 0.6) is 0 Å². The highest BCUT2D eigenvalue weighted by Gasteiger charge is 2.37. The lowest BCUT2D eigenvalue weighted by atomic mass is 9.85. The number of fused-ring (bicyclic) bond motifs is 6. The van der Waals surface area contributed by atoms with E-state index in [1.165, 1.54) is 0 Å². The lowest BCUT2D eigenvalue weighted by Gasteiger charge is -2.25. The molecule has 2 aliphatic rings. The van der Waals surface area contributed by atoms with Crippen molar-refractivity contribution in [2.45, 2.75) is 132 Å². The van der Waals surface area contributed by atoms with Crippen molar-refractivity contribution in [1.82, 2.24) is 18.3 Å². The van der Waals surface area contributed by atoms with Crippen LogP contribution in [0.1, 0.15) is 111 Å². The Morgan fingerprint density at radius 3 is 1.46 bits per heavy atom. The molecule has 0 amide bonds. The first-order chi connectivity index (χ1) is 31.5. The van der Waals surface area contributed by atoms with Crippen molar-refractivity contribution in [3.05, 3.63) is 107 Å². The normalized spacial score (nSPS) is 15.7. The fourth-order valence-electron chi connectivity index (χ4n) is 9.33. The summed E-state index contributed by atoms with van der Waals surface area (Å²) in [5, 5.41) is 2.07. The van der Waals surface area contributed by atoms with Crippen molar-refractivity contribution < 1.29 is 47.3 Å². The Kier molecular flexibility index (Phi) is 18.2. The van der Waals surface area contributed by atoms with Gasteiger partial charge in [-0.15, -0.1) is 37.2 Å². The maximum absolute atomic E-state index is 13.5. The quantitative estimate of drug-likeness (QED) is 0.0731. The van der Waals surface area contributed by atoms with Gasteiger partial charge in [-0.05, 0) is 86.3 Å². The number of ether oxygens (including phenoxy) is 3. The first kappa shape index (κ1) is 57.1. The third-order valence-electron chi connectivity index (χ3n) is 13.3. The first-order valence-corrected chi connectivity index (χ1v) is 23.1. The standard InChI is InChI=1S/C29H38N3O5.C23H29N4O3.3ClH/c1-19-31(14-15-32(19)18-36-27(35)29(5,6)16-24(33)37-28(2,3)4)17-20-12-13-23-25(26(20)34)21-10-8-9-11-22(21)30(23)7;1-15-26(11-12-27(15)14-30-22(29)23(2,3)24)13-16-9-10-19-20(21(16)28)17-7-5-6-8-18(17)25(19)4;;;/h8-11,14-15,20H,12-13,16-18H2,1-7H3;5-8,11-12,16H,9-10,13-14,24H2,1-4H3;3*1H/q2*+1;;;. The van der Waals surface area contributed by atoms with E-state index in [-0.39, 0.29) is 80.5 Å². The number of carbonyl (C=O) groups excluding carboxylic acids is 5. The number of ketones is 2. The smallest absolute Gasteiger partial charge is 0.328 e. The Morgan fingerprint density at radius 1 is 0.657 bits per heavy atom. The summed E-state index contributed by atoms with van der Waals surface area (Å²) < 4.78 is 28.3. The summed E-state index contributed by atoms with van der Waals surface area (Å²) in [6.07, 6.45) is 10.9. The number of nitrogens with two attached hydrogens (primary N) is 1. The van der Waals surface area contributed by atoms with Gasteiger partial charge in [0, 0.05) is 72.3 Å². The third-order valence-corrected chi connectivity index (χ3v) is 13.3. The maximum Gasteiger partial charge on any atom is 0.328 e. The van der Waals surface area contributed by atoms with Gasteiger partial charge in [0.25, 0.3) is 11.6 Å². The van der Waals surface area contributed by atoms with Crippen LogP contribution in [0, 0.1) is 31.1 Å². The van der Waals surface area contributed by atoms with Gasteiger partial charge in [-0.2, -0.15) is 9.13 Å². The van der Waals surface area contributed by atoms with E-state index in [4.69, 9.17) is 19.9 Å². The Morgan fingerprint density at radius 2 is 1.06 bits per heavy atom. The van der Waals surface area contributed by atoms with Crippen LogP contribution in [0.4, 0.5) is 0 Å². The van der Waals surface area contributed by atoms with Gasteiger partial charge < -0.3 is 29.1 Å². The van der Waals surface area contributed by atoms with Gasteiger partial charge in [-0.1, -0.05) is 36.4 Å². The molecule has 0 bridgehead atoms. The molecule has 0 aliphatic heterocycles. The summed E-state index contributed by atoms with van der Waals surface area (Å²) in [5.74, 6) is 0.662. The van der Waals surface area contributed by atoms with Gasteiger partial charge in [0.2, 0.25) is 13.5 Å². The Labute approximate surface area is 428 Å². The number of Topliss-reactive ketones (excluding diaryl/α,β-unsaturated/α-hetero) is 2. The van der Waals surface area contributed by atoms with Gasteiger partial charge in [0.15, 0.2) is 11.6 Å². The molecule has 4 aromatic heterocycles. The molecule has 2 unspecified atom stereocenters. The summed E-state index contributed by atoms with van der Waals surface area (Å²) in [5.41, 5.74) is 9.31. The zero-order valence-electron chi connectivity index (χ0n) is 42.2. The second-order valence-electron chi connectivity index (χ2n) is 20.4. The number of nitrogens with zero attached hydrogens (tertiary/aromatic N) is 6. The van der Waals surface area contributed by atoms with Crippen LogP contribution in [0.3, 0.4) is 0 Å². The number of halogens is 3. The number of carbonyl (C=O) groups is 5. The Balaban J connectivity index is 0.000000297. The van der Waals surface area contributed by atoms with Crippen LogP contribution in [-0.4, -0.2) is 58.9 Å². The molecule has 2 aromatic carbocycles. The average Bonchev–Trinajstić information content (AvgIpc) is 3.97. The Hall–Kier alpha value is -5.48. The molecule has 2 N–H and O–H groups in total. The summed E-state index contributed by atoms with van der Waals surface area (Å²) in [6, 6.07) is 16.2. The van der Waals surface area contributed by atoms with Crippen molar-refractivity contribution in [3.63, 3.8) is 0 Å². The molecule has 70 heavy (non-hydrogen) atoms. The Bertz CT molecular complexity index is 2890. The molecule has 18 heteroatoms. The fraction of sp³-hybridized carbons (Fsp3) is 0.481. The van der Waals surface area contributed by atoms with Crippen LogP contribution < -0.4 is 14.9 Å². The van der Waals surface area contributed by atoms with E-state index in [1.807, 2.05) is 103 Å². The molecule has 6 aromatic rings. The van der Waals surface area contributed by atoms with E-state index in [9.17, 15) is 24.0 Å². The largest absolute Gasteiger partial charge is 0.460 e. The van der Waals surface area contributed by atoms with Crippen molar-refractivity contribution in [2.24, 2.45) is 37.1 Å². The second-order valence-corrected chi connectivity index (χ2v) is 20.4. The molecule has 0 spiro atoms. The number of esters is 3. The molecule has 0 saturated carbocycles. The van der Waals surface area contributed by atoms with E-state index in [2.05, 4.69) is 25.8 Å². The van der Waals surface area contributed by atoms with Crippen molar-refractivity contribution >= 4 is 88.5 Å². The molecule has 0 radical (unpaired) electrons. The summed E-state index contributed by atoms with van der Waals surface area (Å²) in [4.78, 5) is 63.8. The van der Waals surface area contributed by atoms with Gasteiger partial charge >= 0.3 is 17.9 Å². The summed E-state index contributed by atoms with van der Waals surface area (Å²) in [7, 11) is 4.07. The molecular formula is C52H70Cl3N7O8+2. The highest BCUT2D eigenvalue weighted by molar-refractivity contribution is 6.12. The van der Waals surface area contributed by atoms with Crippen LogP contribution in [-0.2, 0) is 82.1 Å². The van der Waals surface area contributed by atoms with E-state index in [0.29, 0.717) is 13.1 Å². The third kappa shape index (κ3) is 12.0. The monoisotopic (exact) mass is 1030 g/mol. The highest BCUT2D eigenvalue weighted by atomic mass is 35.5. The zero-order valence-corrected chi connectivity index (χ0v) is 44.6. The first-order valence-electron chi connectivity index (χ1n) is 23.1. The molecule has 380 valence electrons. The van der Waals surface area contributed by atoms with Crippen molar-refractivity contribution in [3.8, 4) is 0 Å². The fourth-order valence-corrected chi connectivity index (χ4v) is 9.33. The predicted molar refractivity (Wildman–Crippen MR) is 273 cm³/mol. The van der Waals surface area contributed by atoms with Gasteiger partial charge in [-0.3, -0.25) is 19.2 Å². The number of imidazole rings is 2. The number of aromatic nitrogens is 6. The number of hydrogen-bond acceptors (Lipinski definition) is 9. The number of hydrogen-bond donors (Lipinski definition) is 1. The molecule has 0 saturated heterocycles. The molecule has 4 heterocycles. The number of rotatable bonds is 12. The van der Waals surface area contributed by atoms with Crippen molar-refractivity contribution in [2.75, 3.05) is 0 Å². The van der Waals surface area contributed by atoms with Gasteiger partial charge in [0.1, 0.15) is 49.0 Å². The average molecular weight is 1030 g/mol. The van der Waals surface area contributed by atoms with Crippen molar-refractivity contribution in [1.29, 1.82) is 0 Å². The van der Waals surface area contributed by atoms with E-state index in [0.717, 1.165) is 81.7 Å². The number of benzene rings is 2. The minimum absolute atomic E-state index is 0. The summed E-state index contributed by atoms with van der Waals surface area (Å²) in [6.45, 7) is 17.2. The summed E-state index contributed by atoms with van der Waals surface area (Å²) >= 11 is 0. The van der Waals surface area contributed by atoms with Crippen LogP contribution >= 0.6 is 37.2 Å². The number of para-hydroxylation sites is 2. The molecule has 8 rings (SSSR count). The lowest BCUT2D eigenvalue weighted by Crippen LogP contribution is -2.46. The highest BCUT2D eigenvalue weighted by Crippen LogP contribution is 2.36. The second kappa shape index (κ2) is 22.3. The van der Waals surface area contributed by atoms with Crippen LogP contribution in [0.2, 0.25) is 0 Å². The predicted octanol–water partition coefficient (Wildman–Crippen LogP) is 7.80. The molecule has 2 aliphatic carbocycles. The zero-order chi connectivity index (χ0) is 48.7. The minimum atomic E-state index is -1.03. The van der Waals surface area contributed by atoms with E-state index >= 15 is 0 Å². The molecule has 2 atom stereocenters. The van der Waals surface area contributed by atoms with E-state index in [1.54, 1.807) is 48.5 Å². The maximum atomic E-state index is 13.5. The SMILES string of the molecule is Cc1n(CC2CCc3c(c4ccccc4n3C)C2=O)cc[n+]1COC(=O)C(C)(C)CC(=O)OC(C)(C)C.Cc1n(CC2CCc3c(c4ccccc4n3C)C2=O)cc[n+]1COC(=O)C(C)(C)N.Cl.Cl.Cl. The topological polar surface area (TPSA) is 167 Å². The lowest BCUT2D eigenvalue weighted by molar-refractivity contribution is -0.733. The minimum Gasteiger partial charge on any atom is -0.460 e. The van der Waals surface area contributed by atoms with Crippen LogP contribution in [0.25, 0.3) is 21.8 Å². The van der Waals surface area contributed by atoms with Gasteiger partial charge in [-0.25, -0.2) is 13.9 Å². The number of aryl methyl sites for hydroxylation is 2. The van der Waals surface area contributed by atoms with Gasteiger partial charge in [0.05, 0.1) is 23.7 Å². The molecular weight excluding hydrogens is 957 g/mol. The molecule has 0 fully saturated rings. The van der Waals surface area contributed by atoms with Crippen LogP contribution in [0.15, 0.2) is 73.3 Å². The molecule has 15 nitrogen and oxygen atoms in total. The van der Waals surface area contributed by atoms with E-state index < -0.39 is 34.5 Å².